The van der Waals surface area contributed by atoms with Crippen molar-refractivity contribution in [3.63, 3.8) is 0 Å². The van der Waals surface area contributed by atoms with Crippen molar-refractivity contribution < 1.29 is 115 Å². The number of carbonyl (C=O) groups is 13. The Balaban J connectivity index is 2.11. The monoisotopic (exact) mass is 1380 g/mol. The van der Waals surface area contributed by atoms with Gasteiger partial charge in [0.25, 0.3) is 0 Å². The molecule has 30 heteroatoms. The highest BCUT2D eigenvalue weighted by molar-refractivity contribution is 5.88. The molecule has 0 spiro atoms. The van der Waals surface area contributed by atoms with Crippen LogP contribution in [0.4, 0.5) is 19.2 Å². The van der Waals surface area contributed by atoms with E-state index in [9.17, 15) is 67.4 Å². The summed E-state index contributed by atoms with van der Waals surface area (Å²) >= 11 is 0. The van der Waals surface area contributed by atoms with Crippen molar-refractivity contribution in [1.82, 2.24) is 31.9 Å². The summed E-state index contributed by atoms with van der Waals surface area (Å²) < 4.78 is 51.7. The van der Waals surface area contributed by atoms with E-state index in [1.54, 1.807) is 95.2 Å². The number of nitrogens with one attached hydrogen (secondary N) is 6. The van der Waals surface area contributed by atoms with E-state index in [1.165, 1.54) is 42.5 Å². The molecule has 0 radical (unpaired) electrons. The number of carbonyl (C=O) groups excluding carboxylic acids is 12. The predicted octanol–water partition coefficient (Wildman–Crippen LogP) is 4.63. The standard InChI is InChI=1S/C68H94N6O24/c1-65(2,3)95-61(85)71-48(57(81)91-15)30-37-19-38(31-49(58(82)92-16)72-62(86)96-66(4,5)6)23-43(22-37)34-52(75)69-46(55(79)89-13)28-41-21-42(27-45(26-41)36-54(77)78)29-47(56(80)90-14)70-53(76)35-44-24-39(32-50(59(83)93-17)73-63(87)97-67(7,8)9)20-40(25-44)33-51(60(84)94-18)74-64(88)98-68(10,11)12/h19-27,46-51H,28-36H2,1-18H3,(H,69,75)(H,70,76)(H,71,85)(H,72,86)(H,73,87)(H,74,88)(H,77,78)/t46-,47-,48-,49-,50-,51-/m0/s1. The number of rotatable bonds is 30. The van der Waals surface area contributed by atoms with Crippen molar-refractivity contribution in [2.75, 3.05) is 42.7 Å². The van der Waals surface area contributed by atoms with Gasteiger partial charge in [-0.15, -0.1) is 0 Å². The molecule has 7 N–H and O–H groups in total. The van der Waals surface area contributed by atoms with Crippen molar-refractivity contribution in [2.45, 2.75) is 200 Å². The Morgan fingerprint density at radius 1 is 0.286 bits per heavy atom. The van der Waals surface area contributed by atoms with Crippen LogP contribution < -0.4 is 31.9 Å². The number of aliphatic carboxylic acids is 1. The van der Waals surface area contributed by atoms with Gasteiger partial charge in [0.05, 0.1) is 61.9 Å². The van der Waals surface area contributed by atoms with Gasteiger partial charge in [0.15, 0.2) is 0 Å². The normalized spacial score (nSPS) is 13.3. The first-order valence-electron chi connectivity index (χ1n) is 31.0. The number of carboxylic acid groups (broad SMARTS) is 1. The first kappa shape index (κ1) is 82.2. The summed E-state index contributed by atoms with van der Waals surface area (Å²) in [7, 11) is 6.58. The molecular formula is C68H94N6O24. The molecule has 0 aliphatic rings. The number of ether oxygens (including phenoxy) is 10. The van der Waals surface area contributed by atoms with E-state index in [0.717, 1.165) is 42.7 Å². The molecule has 0 heterocycles. The fourth-order valence-electron chi connectivity index (χ4n) is 9.79. The van der Waals surface area contributed by atoms with E-state index >= 15 is 0 Å². The Bertz CT molecular complexity index is 3030. The van der Waals surface area contributed by atoms with Crippen LogP contribution in [0.5, 0.6) is 0 Å². The zero-order valence-electron chi connectivity index (χ0n) is 58.9. The molecule has 6 amide bonds. The Morgan fingerprint density at radius 2 is 0.449 bits per heavy atom. The molecule has 540 valence electrons. The van der Waals surface area contributed by atoms with Crippen molar-refractivity contribution in [2.24, 2.45) is 0 Å². The van der Waals surface area contributed by atoms with Gasteiger partial charge in [0.2, 0.25) is 11.8 Å². The minimum atomic E-state index is -1.46. The second-order valence-corrected chi connectivity index (χ2v) is 26.8. The molecule has 3 rings (SSSR count). The lowest BCUT2D eigenvalue weighted by Gasteiger charge is -2.24. The van der Waals surface area contributed by atoms with Crippen LogP contribution >= 0.6 is 0 Å². The van der Waals surface area contributed by atoms with E-state index in [4.69, 9.17) is 47.4 Å². The molecular weight excluding hydrogens is 1280 g/mol. The number of benzene rings is 3. The number of hydrogen-bond acceptors (Lipinski definition) is 23. The quantitative estimate of drug-likeness (QED) is 0.0353. The van der Waals surface area contributed by atoms with Crippen molar-refractivity contribution >= 4 is 78.0 Å². The Morgan fingerprint density at radius 3 is 0.612 bits per heavy atom. The van der Waals surface area contributed by atoms with Gasteiger partial charge in [-0.2, -0.15) is 0 Å². The minimum absolute atomic E-state index is 0.180. The van der Waals surface area contributed by atoms with Gasteiger partial charge < -0.3 is 84.4 Å². The first-order chi connectivity index (χ1) is 45.4. The van der Waals surface area contributed by atoms with E-state index in [2.05, 4.69) is 31.9 Å². The number of carboxylic acids is 1. The molecule has 0 fully saturated rings. The number of esters is 6. The second kappa shape index (κ2) is 36.9. The van der Waals surface area contributed by atoms with Crippen LogP contribution in [-0.2, 0) is 148 Å². The fourth-order valence-corrected chi connectivity index (χ4v) is 9.79. The zero-order valence-corrected chi connectivity index (χ0v) is 58.9. The maximum absolute atomic E-state index is 14.2. The Labute approximate surface area is 569 Å². The third-order valence-electron chi connectivity index (χ3n) is 13.4. The number of alkyl carbamates (subject to hydrolysis) is 4. The van der Waals surface area contributed by atoms with E-state index in [0.29, 0.717) is 22.3 Å². The minimum Gasteiger partial charge on any atom is -0.481 e. The highest BCUT2D eigenvalue weighted by atomic mass is 16.6. The third kappa shape index (κ3) is 30.8. The summed E-state index contributed by atoms with van der Waals surface area (Å²) in [6, 6.07) is 5.34. The number of methoxy groups -OCH3 is 6. The van der Waals surface area contributed by atoms with Gasteiger partial charge in [-0.05, 0) is 133 Å². The summed E-state index contributed by atoms with van der Waals surface area (Å²) in [4.78, 5) is 172. The van der Waals surface area contributed by atoms with Gasteiger partial charge in [-0.1, -0.05) is 54.6 Å². The summed E-state index contributed by atoms with van der Waals surface area (Å²) in [5, 5.41) is 25.3. The van der Waals surface area contributed by atoms with Crippen LogP contribution in [0.15, 0.2) is 54.6 Å². The average Bonchev–Trinajstić information content (AvgIpc) is 0.842. The summed E-state index contributed by atoms with van der Waals surface area (Å²) in [5.41, 5.74) is -1.34. The predicted molar refractivity (Wildman–Crippen MR) is 349 cm³/mol. The van der Waals surface area contributed by atoms with Crippen LogP contribution in [0.1, 0.15) is 133 Å². The van der Waals surface area contributed by atoms with Crippen LogP contribution in [0.25, 0.3) is 0 Å². The molecule has 0 aliphatic carbocycles. The van der Waals surface area contributed by atoms with Crippen LogP contribution in [-0.4, -0.2) is 184 Å². The van der Waals surface area contributed by atoms with Gasteiger partial charge in [0, 0.05) is 38.5 Å². The molecule has 6 atom stereocenters. The van der Waals surface area contributed by atoms with Gasteiger partial charge in [-0.25, -0.2) is 47.9 Å². The van der Waals surface area contributed by atoms with Crippen LogP contribution in [0.3, 0.4) is 0 Å². The summed E-state index contributed by atoms with van der Waals surface area (Å²) in [6.45, 7) is 19.4. The fraction of sp³-hybridized carbons (Fsp3) is 0.544. The first-order valence-corrected chi connectivity index (χ1v) is 31.0. The van der Waals surface area contributed by atoms with E-state index in [1.807, 2.05) is 0 Å². The number of hydrogen-bond donors (Lipinski definition) is 7. The molecule has 0 saturated heterocycles. The van der Waals surface area contributed by atoms with Crippen molar-refractivity contribution in [3.8, 4) is 0 Å². The largest absolute Gasteiger partial charge is 0.481 e. The molecule has 3 aromatic rings. The number of amides is 6. The smallest absolute Gasteiger partial charge is 0.408 e. The molecule has 0 aromatic heterocycles. The molecule has 0 saturated carbocycles. The summed E-state index contributed by atoms with van der Waals surface area (Å²) in [5.74, 6) is -8.13. The van der Waals surface area contributed by atoms with Gasteiger partial charge in [0.1, 0.15) is 58.7 Å². The molecule has 30 nitrogen and oxygen atoms in total. The van der Waals surface area contributed by atoms with Crippen molar-refractivity contribution in [1.29, 1.82) is 0 Å². The van der Waals surface area contributed by atoms with E-state index in [-0.39, 0.29) is 66.3 Å². The lowest BCUT2D eigenvalue weighted by molar-refractivity contribution is -0.145. The maximum atomic E-state index is 14.2. The lowest BCUT2D eigenvalue weighted by atomic mass is 9.94. The van der Waals surface area contributed by atoms with Crippen LogP contribution in [0, 0.1) is 0 Å². The van der Waals surface area contributed by atoms with E-state index < -0.39 is 156 Å². The molecule has 0 aliphatic heterocycles. The Kier molecular flexibility index (Phi) is 31.0. The van der Waals surface area contributed by atoms with Crippen LogP contribution in [0.2, 0.25) is 0 Å². The highest BCUT2D eigenvalue weighted by Gasteiger charge is 2.33. The topological polar surface area (TPSA) is 407 Å². The Hall–Kier alpha value is -10.0. The highest BCUT2D eigenvalue weighted by Crippen LogP contribution is 2.22. The zero-order chi connectivity index (χ0) is 74.2. The van der Waals surface area contributed by atoms with Gasteiger partial charge >= 0.3 is 66.2 Å². The van der Waals surface area contributed by atoms with Crippen molar-refractivity contribution in [3.05, 3.63) is 105 Å². The van der Waals surface area contributed by atoms with Gasteiger partial charge in [-0.3, -0.25) is 14.4 Å². The summed E-state index contributed by atoms with van der Waals surface area (Å²) in [6.07, 6.45) is -6.97. The molecule has 98 heavy (non-hydrogen) atoms. The lowest BCUT2D eigenvalue weighted by Crippen LogP contribution is -2.45. The molecule has 0 unspecified atom stereocenters. The maximum Gasteiger partial charge on any atom is 0.408 e. The second-order valence-electron chi connectivity index (χ2n) is 26.8. The molecule has 0 bridgehead atoms. The third-order valence-corrected chi connectivity index (χ3v) is 13.4. The SMILES string of the molecule is COC(=O)[C@H](Cc1cc(CC(=O)O)cc(C[C@H](NC(=O)Cc2cc(C[C@H](NC(=O)OC(C)(C)C)C(=O)OC)cc(C[C@H](NC(=O)OC(C)(C)C)C(=O)OC)c2)C(=O)OC)c1)NC(=O)Cc1cc(C[C@H](NC(=O)OC(C)(C)C)C(=O)OC)cc(C[C@H](NC(=O)OC(C)(C)C)C(=O)OC)c1. The molecule has 3 aromatic carbocycles. The average molecular weight is 1380 g/mol.